The first kappa shape index (κ1) is 22.9. The number of nitrogens with zero attached hydrogens (tertiary/aromatic N) is 2. The molecule has 6 nitrogen and oxygen atoms in total. The monoisotopic (exact) mass is 416 g/mol. The average molecular weight is 417 g/mol. The van der Waals surface area contributed by atoms with E-state index in [1.54, 1.807) is 18.2 Å². The molecule has 0 amide bonds. The molecular formula is C22H32N4O2S. The fraction of sp³-hybridized carbons (Fsp3) is 0.409. The van der Waals surface area contributed by atoms with Crippen molar-refractivity contribution in [1.82, 2.24) is 14.9 Å². The van der Waals surface area contributed by atoms with Crippen molar-refractivity contribution in [3.05, 3.63) is 65.7 Å². The van der Waals surface area contributed by atoms with Crippen molar-refractivity contribution in [2.75, 3.05) is 27.2 Å². The lowest BCUT2D eigenvalue weighted by molar-refractivity contribution is 0.508. The van der Waals surface area contributed by atoms with Gasteiger partial charge in [-0.15, -0.1) is 0 Å². The fourth-order valence-electron chi connectivity index (χ4n) is 2.88. The van der Waals surface area contributed by atoms with Crippen LogP contribution in [-0.2, 0) is 22.0 Å². The number of rotatable bonds is 8. The Kier molecular flexibility index (Phi) is 7.81. The van der Waals surface area contributed by atoms with Crippen molar-refractivity contribution in [1.29, 1.82) is 0 Å². The summed E-state index contributed by atoms with van der Waals surface area (Å²) >= 11 is 0. The third-order valence-electron chi connectivity index (χ3n) is 4.74. The van der Waals surface area contributed by atoms with E-state index in [2.05, 4.69) is 41.6 Å². The van der Waals surface area contributed by atoms with Crippen molar-refractivity contribution in [2.45, 2.75) is 37.6 Å². The summed E-state index contributed by atoms with van der Waals surface area (Å²) in [6.45, 7) is 8.04. The van der Waals surface area contributed by atoms with Crippen LogP contribution in [0.25, 0.3) is 0 Å². The predicted molar refractivity (Wildman–Crippen MR) is 120 cm³/mol. The summed E-state index contributed by atoms with van der Waals surface area (Å²) in [5.41, 5.74) is 1.83. The lowest BCUT2D eigenvalue weighted by Crippen LogP contribution is -2.43. The SMILES string of the molecule is CCNC(=NCc1ccccc1S(=O)(=O)N(C)C)NCC(C)(C)c1ccccc1. The fourth-order valence-corrected chi connectivity index (χ4v) is 3.99. The predicted octanol–water partition coefficient (Wildman–Crippen LogP) is 2.97. The highest BCUT2D eigenvalue weighted by Crippen LogP contribution is 2.22. The molecule has 0 bridgehead atoms. The minimum absolute atomic E-state index is 0.0797. The van der Waals surface area contributed by atoms with E-state index >= 15 is 0 Å². The first-order valence-corrected chi connectivity index (χ1v) is 11.2. The smallest absolute Gasteiger partial charge is 0.242 e. The van der Waals surface area contributed by atoms with E-state index in [1.807, 2.05) is 31.2 Å². The van der Waals surface area contributed by atoms with Gasteiger partial charge >= 0.3 is 0 Å². The van der Waals surface area contributed by atoms with Gasteiger partial charge in [0.05, 0.1) is 11.4 Å². The standard InChI is InChI=1S/C22H32N4O2S/c1-6-23-21(25-17-22(2,3)19-13-8-7-9-14-19)24-16-18-12-10-11-15-20(18)29(27,28)26(4)5/h7-15H,6,16-17H2,1-5H3,(H2,23,24,25). The normalized spacial score (nSPS) is 12.8. The highest BCUT2D eigenvalue weighted by atomic mass is 32.2. The number of guanidine groups is 1. The maximum absolute atomic E-state index is 12.6. The molecule has 2 aromatic carbocycles. The number of aliphatic imine (C=N–C) groups is 1. The van der Waals surface area contributed by atoms with Crippen LogP contribution >= 0.6 is 0 Å². The van der Waals surface area contributed by atoms with E-state index in [9.17, 15) is 8.42 Å². The van der Waals surface area contributed by atoms with Crippen LogP contribution < -0.4 is 10.6 Å². The molecule has 0 fully saturated rings. The van der Waals surface area contributed by atoms with Crippen LogP contribution in [0.5, 0.6) is 0 Å². The average Bonchev–Trinajstić information content (AvgIpc) is 2.71. The summed E-state index contributed by atoms with van der Waals surface area (Å²) in [5, 5.41) is 6.63. The summed E-state index contributed by atoms with van der Waals surface area (Å²) in [7, 11) is -0.447. The summed E-state index contributed by atoms with van der Waals surface area (Å²) in [6.07, 6.45) is 0. The molecular weight excluding hydrogens is 384 g/mol. The van der Waals surface area contributed by atoms with Gasteiger partial charge in [-0.1, -0.05) is 62.4 Å². The minimum Gasteiger partial charge on any atom is -0.357 e. The molecule has 0 aromatic heterocycles. The topological polar surface area (TPSA) is 73.8 Å². The first-order chi connectivity index (χ1) is 13.7. The van der Waals surface area contributed by atoms with Gasteiger partial charge in [-0.3, -0.25) is 0 Å². The van der Waals surface area contributed by atoms with Crippen molar-refractivity contribution in [3.63, 3.8) is 0 Å². The van der Waals surface area contributed by atoms with E-state index in [0.717, 1.165) is 6.54 Å². The Morgan fingerprint density at radius 2 is 1.62 bits per heavy atom. The molecule has 0 saturated heterocycles. The molecule has 0 atom stereocenters. The molecule has 0 aliphatic carbocycles. The van der Waals surface area contributed by atoms with Crippen LogP contribution in [-0.4, -0.2) is 45.9 Å². The van der Waals surface area contributed by atoms with Crippen molar-refractivity contribution < 1.29 is 8.42 Å². The minimum atomic E-state index is -3.52. The Balaban J connectivity index is 2.19. The Labute approximate surface area is 175 Å². The molecule has 158 valence electrons. The van der Waals surface area contributed by atoms with E-state index in [1.165, 1.54) is 24.0 Å². The summed E-state index contributed by atoms with van der Waals surface area (Å²) in [6, 6.07) is 17.3. The van der Waals surface area contributed by atoms with Gasteiger partial charge in [0, 0.05) is 32.6 Å². The maximum atomic E-state index is 12.6. The van der Waals surface area contributed by atoms with Gasteiger partial charge < -0.3 is 10.6 Å². The highest BCUT2D eigenvalue weighted by molar-refractivity contribution is 7.89. The van der Waals surface area contributed by atoms with Gasteiger partial charge in [0.25, 0.3) is 0 Å². The Morgan fingerprint density at radius 3 is 2.24 bits per heavy atom. The van der Waals surface area contributed by atoms with Gasteiger partial charge in [0.2, 0.25) is 10.0 Å². The number of benzene rings is 2. The van der Waals surface area contributed by atoms with Crippen LogP contribution in [0, 0.1) is 0 Å². The van der Waals surface area contributed by atoms with E-state index < -0.39 is 10.0 Å². The molecule has 2 rings (SSSR count). The molecule has 0 spiro atoms. The largest absolute Gasteiger partial charge is 0.357 e. The highest BCUT2D eigenvalue weighted by Gasteiger charge is 2.22. The van der Waals surface area contributed by atoms with Crippen molar-refractivity contribution in [3.8, 4) is 0 Å². The number of sulfonamides is 1. The van der Waals surface area contributed by atoms with Crippen molar-refractivity contribution >= 4 is 16.0 Å². The Hall–Kier alpha value is -2.38. The van der Waals surface area contributed by atoms with E-state index in [4.69, 9.17) is 0 Å². The second-order valence-corrected chi connectivity index (χ2v) is 9.81. The van der Waals surface area contributed by atoms with Crippen LogP contribution in [0.2, 0.25) is 0 Å². The van der Waals surface area contributed by atoms with Crippen LogP contribution in [0.3, 0.4) is 0 Å². The zero-order chi connectivity index (χ0) is 21.5. The molecule has 0 aliphatic rings. The van der Waals surface area contributed by atoms with E-state index in [-0.39, 0.29) is 16.9 Å². The number of hydrogen-bond acceptors (Lipinski definition) is 3. The summed E-state index contributed by atoms with van der Waals surface area (Å²) in [4.78, 5) is 4.91. The summed E-state index contributed by atoms with van der Waals surface area (Å²) < 4.78 is 26.4. The van der Waals surface area contributed by atoms with Gasteiger partial charge in [0.15, 0.2) is 5.96 Å². The molecule has 0 aliphatic heterocycles. The molecule has 7 heteroatoms. The molecule has 0 unspecified atom stereocenters. The van der Waals surface area contributed by atoms with Crippen LogP contribution in [0.4, 0.5) is 0 Å². The third-order valence-corrected chi connectivity index (χ3v) is 6.65. The molecule has 0 heterocycles. The third kappa shape index (κ3) is 6.05. The van der Waals surface area contributed by atoms with Crippen LogP contribution in [0.1, 0.15) is 31.9 Å². The lowest BCUT2D eigenvalue weighted by atomic mass is 9.85. The molecule has 0 radical (unpaired) electrons. The first-order valence-electron chi connectivity index (χ1n) is 9.76. The molecule has 2 aromatic rings. The summed E-state index contributed by atoms with van der Waals surface area (Å²) in [5.74, 6) is 0.661. The van der Waals surface area contributed by atoms with Crippen LogP contribution in [0.15, 0.2) is 64.5 Å². The zero-order valence-electron chi connectivity index (χ0n) is 17.9. The zero-order valence-corrected chi connectivity index (χ0v) is 18.8. The molecule has 29 heavy (non-hydrogen) atoms. The Bertz CT molecular complexity index is 923. The second-order valence-electron chi connectivity index (χ2n) is 7.69. The lowest BCUT2D eigenvalue weighted by Gasteiger charge is -2.26. The van der Waals surface area contributed by atoms with Gasteiger partial charge in [-0.25, -0.2) is 17.7 Å². The number of hydrogen-bond donors (Lipinski definition) is 2. The van der Waals surface area contributed by atoms with Gasteiger partial charge in [0.1, 0.15) is 0 Å². The number of nitrogens with one attached hydrogen (secondary N) is 2. The molecule has 2 N–H and O–H groups in total. The Morgan fingerprint density at radius 1 is 1.00 bits per heavy atom. The van der Waals surface area contributed by atoms with E-state index in [0.29, 0.717) is 18.1 Å². The van der Waals surface area contributed by atoms with Crippen molar-refractivity contribution in [2.24, 2.45) is 4.99 Å². The second kappa shape index (κ2) is 9.89. The van der Waals surface area contributed by atoms with Gasteiger partial charge in [-0.2, -0.15) is 0 Å². The van der Waals surface area contributed by atoms with Gasteiger partial charge in [-0.05, 0) is 24.1 Å². The quantitative estimate of drug-likeness (QED) is 0.513. The molecule has 0 saturated carbocycles. The maximum Gasteiger partial charge on any atom is 0.242 e.